The molecule has 0 amide bonds. The average molecular weight is 263 g/mol. The molecule has 6 heteroatoms. The normalized spacial score (nSPS) is 10.6. The molecular formula is C12H13N3O2S. The lowest BCUT2D eigenvalue weighted by Crippen LogP contribution is -2.01. The third-order valence-corrected chi connectivity index (χ3v) is 3.43. The van der Waals surface area contributed by atoms with Crippen LogP contribution in [0.4, 0.5) is 0 Å². The largest absolute Gasteiger partial charge is 0.478 e. The Kier molecular flexibility index (Phi) is 3.66. The van der Waals surface area contributed by atoms with Crippen molar-refractivity contribution in [1.29, 1.82) is 0 Å². The van der Waals surface area contributed by atoms with Gasteiger partial charge >= 0.3 is 5.97 Å². The Bertz CT molecular complexity index is 580. The lowest BCUT2D eigenvalue weighted by Gasteiger charge is -2.05. The third kappa shape index (κ3) is 2.70. The highest BCUT2D eigenvalue weighted by molar-refractivity contribution is 7.99. The monoisotopic (exact) mass is 263 g/mol. The summed E-state index contributed by atoms with van der Waals surface area (Å²) in [5.41, 5.74) is 1.03. The van der Waals surface area contributed by atoms with Crippen LogP contribution in [0.5, 0.6) is 0 Å². The van der Waals surface area contributed by atoms with Crippen molar-refractivity contribution in [2.24, 2.45) is 7.05 Å². The van der Waals surface area contributed by atoms with Gasteiger partial charge in [0, 0.05) is 25.1 Å². The molecule has 0 spiro atoms. The topological polar surface area (TPSA) is 68.0 Å². The van der Waals surface area contributed by atoms with E-state index in [9.17, 15) is 4.79 Å². The Morgan fingerprint density at radius 1 is 1.50 bits per heavy atom. The van der Waals surface area contributed by atoms with Gasteiger partial charge in [0.25, 0.3) is 0 Å². The zero-order chi connectivity index (χ0) is 13.1. The number of nitrogens with zero attached hydrogens (tertiary/aromatic N) is 3. The van der Waals surface area contributed by atoms with Crippen LogP contribution in [0.3, 0.4) is 0 Å². The predicted molar refractivity (Wildman–Crippen MR) is 67.9 cm³/mol. The highest BCUT2D eigenvalue weighted by Crippen LogP contribution is 2.25. The first-order valence-electron chi connectivity index (χ1n) is 5.49. The molecule has 1 N–H and O–H groups in total. The van der Waals surface area contributed by atoms with Gasteiger partial charge in [-0.25, -0.2) is 14.8 Å². The minimum Gasteiger partial charge on any atom is -0.478 e. The molecule has 0 aliphatic carbocycles. The van der Waals surface area contributed by atoms with Crippen molar-refractivity contribution < 1.29 is 9.90 Å². The molecule has 0 aliphatic rings. The molecule has 94 valence electrons. The quantitative estimate of drug-likeness (QED) is 0.916. The van der Waals surface area contributed by atoms with E-state index in [4.69, 9.17) is 5.11 Å². The van der Waals surface area contributed by atoms with Crippen molar-refractivity contribution in [2.75, 3.05) is 0 Å². The summed E-state index contributed by atoms with van der Waals surface area (Å²) in [6.07, 6.45) is 4.24. The number of hydrogen-bond donors (Lipinski definition) is 1. The van der Waals surface area contributed by atoms with Crippen LogP contribution in [0.1, 0.15) is 23.0 Å². The number of aromatic carboxylic acids is 1. The predicted octanol–water partition coefficient (Wildman–Crippen LogP) is 2.23. The van der Waals surface area contributed by atoms with Gasteiger partial charge in [-0.05, 0) is 30.3 Å². The van der Waals surface area contributed by atoms with Gasteiger partial charge < -0.3 is 9.67 Å². The summed E-state index contributed by atoms with van der Waals surface area (Å²) in [6, 6.07) is 3.17. The van der Waals surface area contributed by atoms with Crippen molar-refractivity contribution in [3.63, 3.8) is 0 Å². The van der Waals surface area contributed by atoms with E-state index in [-0.39, 0.29) is 5.56 Å². The summed E-state index contributed by atoms with van der Waals surface area (Å²) in [6.45, 7) is 1.95. The third-order valence-electron chi connectivity index (χ3n) is 2.44. The molecule has 0 saturated carbocycles. The van der Waals surface area contributed by atoms with E-state index in [0.29, 0.717) is 11.4 Å². The molecule has 0 aliphatic heterocycles. The molecule has 18 heavy (non-hydrogen) atoms. The van der Waals surface area contributed by atoms with Crippen LogP contribution >= 0.6 is 11.8 Å². The van der Waals surface area contributed by atoms with E-state index < -0.39 is 5.97 Å². The van der Waals surface area contributed by atoms with Crippen LogP contribution in [0.15, 0.2) is 34.7 Å². The molecule has 5 nitrogen and oxygen atoms in total. The standard InChI is InChI=1S/C12H13N3O2S/c1-3-9-6-8(11(16)17)7-10(14-9)18-12-13-4-5-15(12)2/h4-7H,3H2,1-2H3,(H,16,17). The van der Waals surface area contributed by atoms with E-state index in [1.807, 2.05) is 24.7 Å². The number of rotatable bonds is 4. The molecule has 0 saturated heterocycles. The molecule has 0 unspecified atom stereocenters. The van der Waals surface area contributed by atoms with Crippen LogP contribution in [0.25, 0.3) is 0 Å². The van der Waals surface area contributed by atoms with Crippen LogP contribution < -0.4 is 0 Å². The lowest BCUT2D eigenvalue weighted by molar-refractivity contribution is 0.0696. The van der Waals surface area contributed by atoms with E-state index in [1.165, 1.54) is 11.8 Å². The van der Waals surface area contributed by atoms with E-state index in [2.05, 4.69) is 9.97 Å². The number of aryl methyl sites for hydroxylation is 2. The Morgan fingerprint density at radius 3 is 2.83 bits per heavy atom. The summed E-state index contributed by atoms with van der Waals surface area (Å²) < 4.78 is 1.87. The first-order chi connectivity index (χ1) is 8.60. The minimum atomic E-state index is -0.936. The zero-order valence-electron chi connectivity index (χ0n) is 10.1. The molecule has 0 radical (unpaired) electrons. The Morgan fingerprint density at radius 2 is 2.28 bits per heavy atom. The van der Waals surface area contributed by atoms with Crippen molar-refractivity contribution in [2.45, 2.75) is 23.5 Å². The number of hydrogen-bond acceptors (Lipinski definition) is 4. The summed E-state index contributed by atoms with van der Waals surface area (Å²) in [5, 5.41) is 10.5. The van der Waals surface area contributed by atoms with Crippen molar-refractivity contribution in [1.82, 2.24) is 14.5 Å². The Hall–Kier alpha value is -1.82. The maximum Gasteiger partial charge on any atom is 0.335 e. The second kappa shape index (κ2) is 5.22. The number of carboxylic acids is 1. The number of pyridine rings is 1. The van der Waals surface area contributed by atoms with Crippen molar-refractivity contribution in [3.8, 4) is 0 Å². The number of carboxylic acid groups (broad SMARTS) is 1. The summed E-state index contributed by atoms with van der Waals surface area (Å²) in [4.78, 5) is 19.6. The number of aromatic nitrogens is 3. The van der Waals surface area contributed by atoms with Gasteiger partial charge in [0.05, 0.1) is 5.56 Å². The molecule has 0 fully saturated rings. The smallest absolute Gasteiger partial charge is 0.335 e. The Labute approximate surface area is 109 Å². The maximum absolute atomic E-state index is 11.0. The molecule has 2 aromatic heterocycles. The molecule has 0 bridgehead atoms. The Balaban J connectivity index is 2.35. The SMILES string of the molecule is CCc1cc(C(=O)O)cc(Sc2nccn2C)n1. The first kappa shape index (κ1) is 12.6. The van der Waals surface area contributed by atoms with Crippen LogP contribution in [0, 0.1) is 0 Å². The molecule has 0 aromatic carbocycles. The minimum absolute atomic E-state index is 0.263. The van der Waals surface area contributed by atoms with Gasteiger partial charge in [0.2, 0.25) is 0 Å². The highest BCUT2D eigenvalue weighted by atomic mass is 32.2. The summed E-state index contributed by atoms with van der Waals surface area (Å²) in [5.74, 6) is -0.936. The van der Waals surface area contributed by atoms with Crippen molar-refractivity contribution in [3.05, 3.63) is 35.8 Å². The van der Waals surface area contributed by atoms with E-state index in [0.717, 1.165) is 10.9 Å². The van der Waals surface area contributed by atoms with Gasteiger partial charge in [0.1, 0.15) is 5.03 Å². The van der Waals surface area contributed by atoms with Crippen LogP contribution in [-0.4, -0.2) is 25.6 Å². The molecule has 0 atom stereocenters. The average Bonchev–Trinajstić information content (AvgIpc) is 2.74. The maximum atomic E-state index is 11.0. The fourth-order valence-electron chi connectivity index (χ4n) is 1.46. The van der Waals surface area contributed by atoms with Gasteiger partial charge in [-0.3, -0.25) is 0 Å². The molecule has 2 aromatic rings. The van der Waals surface area contributed by atoms with Gasteiger partial charge in [-0.1, -0.05) is 6.92 Å². The lowest BCUT2D eigenvalue weighted by atomic mass is 10.2. The summed E-state index contributed by atoms with van der Waals surface area (Å²) >= 11 is 1.36. The van der Waals surface area contributed by atoms with Gasteiger partial charge in [-0.15, -0.1) is 0 Å². The van der Waals surface area contributed by atoms with Gasteiger partial charge in [0.15, 0.2) is 5.16 Å². The number of carbonyl (C=O) groups is 1. The van der Waals surface area contributed by atoms with Gasteiger partial charge in [-0.2, -0.15) is 0 Å². The second-order valence-corrected chi connectivity index (χ2v) is 4.75. The van der Waals surface area contributed by atoms with E-state index >= 15 is 0 Å². The number of imidazole rings is 1. The van der Waals surface area contributed by atoms with Crippen molar-refractivity contribution >= 4 is 17.7 Å². The van der Waals surface area contributed by atoms with E-state index in [1.54, 1.807) is 18.3 Å². The molecular weight excluding hydrogens is 250 g/mol. The fraction of sp³-hybridized carbons (Fsp3) is 0.250. The first-order valence-corrected chi connectivity index (χ1v) is 6.31. The van der Waals surface area contributed by atoms with Crippen LogP contribution in [0.2, 0.25) is 0 Å². The second-order valence-electron chi connectivity index (χ2n) is 3.77. The summed E-state index contributed by atoms with van der Waals surface area (Å²) in [7, 11) is 1.89. The zero-order valence-corrected chi connectivity index (χ0v) is 10.9. The fourth-order valence-corrected chi connectivity index (χ4v) is 2.32. The highest BCUT2D eigenvalue weighted by Gasteiger charge is 2.10. The van der Waals surface area contributed by atoms with Crippen LogP contribution in [-0.2, 0) is 13.5 Å². The molecule has 2 heterocycles. The molecule has 2 rings (SSSR count).